The van der Waals surface area contributed by atoms with E-state index in [0.717, 1.165) is 5.56 Å². The van der Waals surface area contributed by atoms with E-state index in [1.165, 1.54) is 0 Å². The molecule has 0 unspecified atom stereocenters. The van der Waals surface area contributed by atoms with Crippen LogP contribution in [0.5, 0.6) is 0 Å². The maximum atomic E-state index is 10.7. The highest BCUT2D eigenvalue weighted by molar-refractivity contribution is 5.70. The first-order valence-corrected chi connectivity index (χ1v) is 4.20. The molecule has 0 atom stereocenters. The van der Waals surface area contributed by atoms with Crippen LogP contribution < -0.4 is 5.82 Å². The van der Waals surface area contributed by atoms with Gasteiger partial charge in [0.05, 0.1) is 0 Å². The molecule has 0 aliphatic carbocycles. The molecule has 0 saturated carbocycles. The van der Waals surface area contributed by atoms with Gasteiger partial charge in [-0.3, -0.25) is 0 Å². The third-order valence-corrected chi connectivity index (χ3v) is 2.02. The van der Waals surface area contributed by atoms with Gasteiger partial charge in [0.15, 0.2) is 11.2 Å². The van der Waals surface area contributed by atoms with Gasteiger partial charge in [0.25, 0.3) is 0 Å². The molecular weight excluding hydrogens is 168 g/mol. The number of fused-ring (bicyclic) bond motifs is 1. The van der Waals surface area contributed by atoms with Crippen molar-refractivity contribution >= 4 is 11.2 Å². The van der Waals surface area contributed by atoms with Crippen LogP contribution in [0, 0.1) is 0 Å². The second-order valence-electron chi connectivity index (χ2n) is 3.31. The van der Waals surface area contributed by atoms with E-state index >= 15 is 0 Å². The summed E-state index contributed by atoms with van der Waals surface area (Å²) in [6.07, 6.45) is 0. The third-order valence-electron chi connectivity index (χ3n) is 2.02. The molecule has 1 heterocycles. The highest BCUT2D eigenvalue weighted by Gasteiger charge is 2.05. The highest BCUT2D eigenvalue weighted by atomic mass is 16.6. The first-order valence-electron chi connectivity index (χ1n) is 4.20. The molecule has 0 N–H and O–H groups in total. The smallest absolute Gasteiger partial charge is 0.391 e. The number of rotatable bonds is 1. The Bertz CT molecular complexity index is 476. The van der Waals surface area contributed by atoms with Crippen molar-refractivity contribution in [2.75, 3.05) is 0 Å². The fraction of sp³-hybridized carbons (Fsp3) is 0.300. The lowest BCUT2D eigenvalue weighted by molar-refractivity contribution is 0.409. The van der Waals surface area contributed by atoms with Gasteiger partial charge in [-0.05, 0) is 23.6 Å². The van der Waals surface area contributed by atoms with Crippen LogP contribution in [-0.2, 0) is 0 Å². The Morgan fingerprint density at radius 1 is 1.15 bits per heavy atom. The molecule has 0 amide bonds. The number of hydrogen-bond donors (Lipinski definition) is 0. The highest BCUT2D eigenvalue weighted by Crippen LogP contribution is 2.20. The van der Waals surface area contributed by atoms with Gasteiger partial charge < -0.3 is 8.83 Å². The van der Waals surface area contributed by atoms with Crippen LogP contribution >= 0.6 is 0 Å². The molecule has 0 saturated heterocycles. The van der Waals surface area contributed by atoms with E-state index in [4.69, 9.17) is 8.83 Å². The second kappa shape index (κ2) is 2.76. The average Bonchev–Trinajstić information content (AvgIpc) is 2.42. The summed E-state index contributed by atoms with van der Waals surface area (Å²) >= 11 is 0. The van der Waals surface area contributed by atoms with E-state index in [0.29, 0.717) is 17.1 Å². The van der Waals surface area contributed by atoms with Crippen LogP contribution in [-0.4, -0.2) is 0 Å². The van der Waals surface area contributed by atoms with Crippen molar-refractivity contribution in [3.05, 3.63) is 34.4 Å². The van der Waals surface area contributed by atoms with Crippen molar-refractivity contribution in [1.29, 1.82) is 0 Å². The summed E-state index contributed by atoms with van der Waals surface area (Å²) in [4.78, 5) is 10.7. The summed E-state index contributed by atoms with van der Waals surface area (Å²) < 4.78 is 9.62. The van der Waals surface area contributed by atoms with Gasteiger partial charge in [-0.25, -0.2) is 4.79 Å². The minimum Gasteiger partial charge on any atom is -0.391 e. The lowest BCUT2D eigenvalue weighted by atomic mass is 10.0. The van der Waals surface area contributed by atoms with Crippen molar-refractivity contribution in [3.63, 3.8) is 0 Å². The van der Waals surface area contributed by atoms with Gasteiger partial charge in [0.1, 0.15) is 0 Å². The minimum absolute atomic E-state index is 0.421. The van der Waals surface area contributed by atoms with E-state index in [1.807, 2.05) is 12.1 Å². The van der Waals surface area contributed by atoms with Crippen LogP contribution in [0.1, 0.15) is 25.3 Å². The van der Waals surface area contributed by atoms with Gasteiger partial charge in [0, 0.05) is 0 Å². The Kier molecular flexibility index (Phi) is 1.72. The third kappa shape index (κ3) is 1.37. The van der Waals surface area contributed by atoms with Gasteiger partial charge >= 0.3 is 5.82 Å². The minimum atomic E-state index is -0.643. The van der Waals surface area contributed by atoms with Crippen molar-refractivity contribution in [2.45, 2.75) is 19.8 Å². The molecule has 0 aliphatic heterocycles. The van der Waals surface area contributed by atoms with Crippen molar-refractivity contribution in [1.82, 2.24) is 0 Å². The van der Waals surface area contributed by atoms with Crippen molar-refractivity contribution < 1.29 is 8.83 Å². The molecule has 1 aromatic heterocycles. The molecule has 0 radical (unpaired) electrons. The SMILES string of the molecule is CC(C)c1ccc2oc(=O)oc2c1. The van der Waals surface area contributed by atoms with E-state index in [2.05, 4.69) is 13.8 Å². The molecule has 0 fully saturated rings. The largest absolute Gasteiger partial charge is 0.519 e. The zero-order valence-corrected chi connectivity index (χ0v) is 7.53. The molecule has 0 aliphatic rings. The number of hydrogen-bond acceptors (Lipinski definition) is 3. The first kappa shape index (κ1) is 8.10. The van der Waals surface area contributed by atoms with Crippen LogP contribution in [0.25, 0.3) is 11.2 Å². The lowest BCUT2D eigenvalue weighted by Crippen LogP contribution is -1.85. The lowest BCUT2D eigenvalue weighted by Gasteiger charge is -2.02. The zero-order valence-electron chi connectivity index (χ0n) is 7.53. The Balaban J connectivity index is 2.68. The summed E-state index contributed by atoms with van der Waals surface area (Å²) in [6.45, 7) is 4.17. The van der Waals surface area contributed by atoms with Crippen molar-refractivity contribution in [2.24, 2.45) is 0 Å². The summed E-state index contributed by atoms with van der Waals surface area (Å²) in [5.74, 6) is -0.222. The predicted molar refractivity (Wildman–Crippen MR) is 48.8 cm³/mol. The van der Waals surface area contributed by atoms with E-state index in [9.17, 15) is 4.79 Å². The standard InChI is InChI=1S/C10H10O3/c1-6(2)7-3-4-8-9(5-7)13-10(11)12-8/h3-6H,1-2H3. The second-order valence-corrected chi connectivity index (χ2v) is 3.31. The maximum Gasteiger partial charge on any atom is 0.519 e. The summed E-state index contributed by atoms with van der Waals surface area (Å²) in [6, 6.07) is 5.53. The molecule has 2 rings (SSSR count). The molecule has 13 heavy (non-hydrogen) atoms. The van der Waals surface area contributed by atoms with Crippen molar-refractivity contribution in [3.8, 4) is 0 Å². The molecule has 0 spiro atoms. The Morgan fingerprint density at radius 2 is 1.85 bits per heavy atom. The zero-order chi connectivity index (χ0) is 9.42. The Hall–Kier alpha value is -1.51. The summed E-state index contributed by atoms with van der Waals surface area (Å²) in [7, 11) is 0. The van der Waals surface area contributed by atoms with Crippen LogP contribution in [0.15, 0.2) is 31.8 Å². The summed E-state index contributed by atoms with van der Waals surface area (Å²) in [5, 5.41) is 0. The molecule has 0 bridgehead atoms. The molecule has 1 aromatic carbocycles. The Morgan fingerprint density at radius 3 is 2.54 bits per heavy atom. The monoisotopic (exact) mass is 178 g/mol. The molecular formula is C10H10O3. The molecule has 68 valence electrons. The average molecular weight is 178 g/mol. The molecule has 3 heteroatoms. The van der Waals surface area contributed by atoms with E-state index in [-0.39, 0.29) is 0 Å². The predicted octanol–water partition coefficient (Wildman–Crippen LogP) is 2.51. The van der Waals surface area contributed by atoms with Gasteiger partial charge in [-0.1, -0.05) is 19.9 Å². The van der Waals surface area contributed by atoms with Gasteiger partial charge in [-0.2, -0.15) is 0 Å². The van der Waals surface area contributed by atoms with Gasteiger partial charge in [-0.15, -0.1) is 0 Å². The van der Waals surface area contributed by atoms with Crippen LogP contribution in [0.2, 0.25) is 0 Å². The van der Waals surface area contributed by atoms with Crippen LogP contribution in [0.3, 0.4) is 0 Å². The fourth-order valence-corrected chi connectivity index (χ4v) is 1.25. The maximum absolute atomic E-state index is 10.7. The topological polar surface area (TPSA) is 43.4 Å². The van der Waals surface area contributed by atoms with Gasteiger partial charge in [0.2, 0.25) is 0 Å². The molecule has 2 aromatic rings. The normalized spacial score (nSPS) is 11.3. The first-order chi connectivity index (χ1) is 6.16. The quantitative estimate of drug-likeness (QED) is 0.673. The van der Waals surface area contributed by atoms with E-state index < -0.39 is 5.82 Å². The number of benzene rings is 1. The molecule has 3 nitrogen and oxygen atoms in total. The fourth-order valence-electron chi connectivity index (χ4n) is 1.25. The summed E-state index contributed by atoms with van der Waals surface area (Å²) in [5.41, 5.74) is 2.17. The van der Waals surface area contributed by atoms with E-state index in [1.54, 1.807) is 6.07 Å². The van der Waals surface area contributed by atoms with Crippen LogP contribution in [0.4, 0.5) is 0 Å². The Labute approximate surface area is 75.0 Å².